The number of aliphatic hydroxyl groups excluding tert-OH is 1. The third-order valence-electron chi connectivity index (χ3n) is 4.72. The van der Waals surface area contributed by atoms with Crippen molar-refractivity contribution in [1.82, 2.24) is 0 Å². The van der Waals surface area contributed by atoms with Crippen molar-refractivity contribution in [2.75, 3.05) is 12.0 Å². The fraction of sp³-hybridized carbons (Fsp3) is 0.273. The van der Waals surface area contributed by atoms with Crippen LogP contribution in [0.4, 0.5) is 10.1 Å². The topological polar surface area (TPSA) is 66.8 Å². The van der Waals surface area contributed by atoms with E-state index in [1.54, 1.807) is 18.2 Å². The van der Waals surface area contributed by atoms with E-state index in [2.05, 4.69) is 0 Å². The minimum atomic E-state index is -1.10. The second kappa shape index (κ2) is 8.25. The quantitative estimate of drug-likeness (QED) is 0.718. The maximum absolute atomic E-state index is 14.7. The first kappa shape index (κ1) is 20.9. The predicted octanol–water partition coefficient (Wildman–Crippen LogP) is 5.00. The van der Waals surface area contributed by atoms with Gasteiger partial charge >= 0.3 is 0 Å². The van der Waals surface area contributed by atoms with Crippen LogP contribution in [-0.2, 0) is 9.59 Å². The highest BCUT2D eigenvalue weighted by atomic mass is 35.5. The SMILES string of the molecule is COc1ccc(N2C(=O)C(O)=C(C(=O)CC(C)C)C2c2ccccc2F)cc1Cl. The molecule has 3 rings (SSSR count). The molecule has 7 heteroatoms. The molecule has 0 fully saturated rings. The summed E-state index contributed by atoms with van der Waals surface area (Å²) in [7, 11) is 1.46. The van der Waals surface area contributed by atoms with Gasteiger partial charge < -0.3 is 9.84 Å². The first-order chi connectivity index (χ1) is 13.8. The van der Waals surface area contributed by atoms with Crippen molar-refractivity contribution in [2.24, 2.45) is 5.92 Å². The average molecular weight is 418 g/mol. The Kier molecular flexibility index (Phi) is 5.94. The monoisotopic (exact) mass is 417 g/mol. The summed E-state index contributed by atoms with van der Waals surface area (Å²) >= 11 is 6.20. The van der Waals surface area contributed by atoms with E-state index < -0.39 is 29.3 Å². The van der Waals surface area contributed by atoms with Crippen LogP contribution in [0.1, 0.15) is 31.9 Å². The number of hydrogen-bond donors (Lipinski definition) is 1. The van der Waals surface area contributed by atoms with Gasteiger partial charge in [0.2, 0.25) is 0 Å². The predicted molar refractivity (Wildman–Crippen MR) is 109 cm³/mol. The lowest BCUT2D eigenvalue weighted by Crippen LogP contribution is -2.31. The van der Waals surface area contributed by atoms with E-state index in [9.17, 15) is 19.1 Å². The standard InChI is InChI=1S/C22H21ClFNO4/c1-12(2)10-17(26)19-20(14-6-4-5-7-16(14)24)25(22(28)21(19)27)13-8-9-18(29-3)15(23)11-13/h4-9,11-12,20,27H,10H2,1-3H3. The summed E-state index contributed by atoms with van der Waals surface area (Å²) in [6, 6.07) is 9.39. The molecule has 2 aromatic carbocycles. The van der Waals surface area contributed by atoms with Crippen LogP contribution in [0.25, 0.3) is 0 Å². The van der Waals surface area contributed by atoms with Crippen LogP contribution in [0, 0.1) is 11.7 Å². The number of amides is 1. The summed E-state index contributed by atoms with van der Waals surface area (Å²) in [5.41, 5.74) is 0.317. The molecule has 5 nitrogen and oxygen atoms in total. The zero-order valence-electron chi connectivity index (χ0n) is 16.3. The smallest absolute Gasteiger partial charge is 0.294 e. The lowest BCUT2D eigenvalue weighted by molar-refractivity contribution is -0.118. The van der Waals surface area contributed by atoms with Crippen LogP contribution < -0.4 is 9.64 Å². The Morgan fingerprint density at radius 1 is 1.28 bits per heavy atom. The summed E-state index contributed by atoms with van der Waals surface area (Å²) in [6.07, 6.45) is 0.120. The number of benzene rings is 2. The molecule has 0 aliphatic carbocycles. The van der Waals surface area contributed by atoms with Crippen LogP contribution in [0.3, 0.4) is 0 Å². The number of nitrogens with zero attached hydrogens (tertiary/aromatic N) is 1. The number of hydrogen-bond acceptors (Lipinski definition) is 4. The molecular formula is C22H21ClFNO4. The first-order valence-electron chi connectivity index (χ1n) is 9.14. The van der Waals surface area contributed by atoms with Gasteiger partial charge in [0, 0.05) is 17.7 Å². The number of carbonyl (C=O) groups is 2. The summed E-state index contributed by atoms with van der Waals surface area (Å²) in [5.74, 6) is -2.04. The zero-order chi connectivity index (χ0) is 21.3. The van der Waals surface area contributed by atoms with E-state index in [-0.39, 0.29) is 28.5 Å². The molecule has 0 saturated carbocycles. The molecule has 1 unspecified atom stereocenters. The maximum Gasteiger partial charge on any atom is 0.294 e. The van der Waals surface area contributed by atoms with Crippen LogP contribution in [0.15, 0.2) is 53.8 Å². The Morgan fingerprint density at radius 3 is 2.55 bits per heavy atom. The molecule has 1 N–H and O–H groups in total. The average Bonchev–Trinajstić information content (AvgIpc) is 2.92. The fourth-order valence-electron chi connectivity index (χ4n) is 3.43. The fourth-order valence-corrected chi connectivity index (χ4v) is 3.69. The summed E-state index contributed by atoms with van der Waals surface area (Å²) in [5, 5.41) is 10.8. The van der Waals surface area contributed by atoms with E-state index in [4.69, 9.17) is 16.3 Å². The van der Waals surface area contributed by atoms with Crippen molar-refractivity contribution >= 4 is 29.0 Å². The van der Waals surface area contributed by atoms with Gasteiger partial charge in [-0.25, -0.2) is 4.39 Å². The number of ketones is 1. The molecule has 0 bridgehead atoms. The molecule has 1 aliphatic rings. The highest BCUT2D eigenvalue weighted by molar-refractivity contribution is 6.32. The normalized spacial score (nSPS) is 16.7. The van der Waals surface area contributed by atoms with Gasteiger partial charge in [0.1, 0.15) is 11.6 Å². The number of ether oxygens (including phenoxy) is 1. The van der Waals surface area contributed by atoms with Gasteiger partial charge in [-0.1, -0.05) is 43.6 Å². The molecule has 1 amide bonds. The Balaban J connectivity index is 2.18. The molecule has 1 atom stereocenters. The molecule has 0 radical (unpaired) electrons. The molecule has 2 aromatic rings. The molecule has 0 spiro atoms. The second-order valence-corrected chi connectivity index (χ2v) is 7.61. The summed E-state index contributed by atoms with van der Waals surface area (Å²) < 4.78 is 19.8. The van der Waals surface area contributed by atoms with Gasteiger partial charge in [-0.2, -0.15) is 0 Å². The third-order valence-corrected chi connectivity index (χ3v) is 5.01. The van der Waals surface area contributed by atoms with Gasteiger partial charge in [-0.05, 0) is 30.2 Å². The van der Waals surface area contributed by atoms with Crippen molar-refractivity contribution in [3.8, 4) is 5.75 Å². The van der Waals surface area contributed by atoms with Crippen molar-refractivity contribution < 1.29 is 23.8 Å². The summed E-state index contributed by atoms with van der Waals surface area (Å²) in [4.78, 5) is 27.0. The van der Waals surface area contributed by atoms with Gasteiger partial charge in [-0.15, -0.1) is 0 Å². The number of halogens is 2. The molecule has 0 saturated heterocycles. The lowest BCUT2D eigenvalue weighted by Gasteiger charge is -2.27. The number of anilines is 1. The van der Waals surface area contributed by atoms with Gasteiger partial charge in [0.25, 0.3) is 5.91 Å². The maximum atomic E-state index is 14.7. The van der Waals surface area contributed by atoms with Gasteiger partial charge in [0.15, 0.2) is 11.5 Å². The second-order valence-electron chi connectivity index (χ2n) is 7.20. The molecular weight excluding hydrogens is 397 g/mol. The lowest BCUT2D eigenvalue weighted by atomic mass is 9.91. The largest absolute Gasteiger partial charge is 0.503 e. The molecule has 29 heavy (non-hydrogen) atoms. The minimum Gasteiger partial charge on any atom is -0.503 e. The molecule has 1 heterocycles. The number of rotatable bonds is 6. The van der Waals surface area contributed by atoms with Crippen molar-refractivity contribution in [3.63, 3.8) is 0 Å². The molecule has 0 aromatic heterocycles. The third kappa shape index (κ3) is 3.85. The van der Waals surface area contributed by atoms with Crippen molar-refractivity contribution in [1.29, 1.82) is 0 Å². The van der Waals surface area contributed by atoms with E-state index in [1.807, 2.05) is 13.8 Å². The Bertz CT molecular complexity index is 1000. The van der Waals surface area contributed by atoms with Gasteiger partial charge in [-0.3, -0.25) is 14.5 Å². The van der Waals surface area contributed by atoms with Crippen molar-refractivity contribution in [2.45, 2.75) is 26.3 Å². The van der Waals surface area contributed by atoms with E-state index >= 15 is 0 Å². The van der Waals surface area contributed by atoms with Crippen LogP contribution in [0.5, 0.6) is 5.75 Å². The van der Waals surface area contributed by atoms with E-state index in [1.165, 1.54) is 36.3 Å². The number of carbonyl (C=O) groups excluding carboxylic acids is 2. The minimum absolute atomic E-state index is 0.00338. The number of aliphatic hydroxyl groups is 1. The molecule has 1 aliphatic heterocycles. The molecule has 152 valence electrons. The van der Waals surface area contributed by atoms with Crippen LogP contribution in [-0.4, -0.2) is 23.9 Å². The Hall–Kier alpha value is -2.86. The van der Waals surface area contributed by atoms with E-state index in [0.717, 1.165) is 0 Å². The van der Waals surface area contributed by atoms with Crippen LogP contribution >= 0.6 is 11.6 Å². The Labute approximate surface area is 173 Å². The number of Topliss-reactive ketones (excluding diaryl/α,β-unsaturated/α-hetero) is 1. The first-order valence-corrected chi connectivity index (χ1v) is 9.51. The van der Waals surface area contributed by atoms with Crippen LogP contribution in [0.2, 0.25) is 5.02 Å². The van der Waals surface area contributed by atoms with E-state index in [0.29, 0.717) is 11.4 Å². The summed E-state index contributed by atoms with van der Waals surface area (Å²) in [6.45, 7) is 3.71. The van der Waals surface area contributed by atoms with Gasteiger partial charge in [0.05, 0.1) is 23.7 Å². The Morgan fingerprint density at radius 2 is 1.97 bits per heavy atom. The highest BCUT2D eigenvalue weighted by Gasteiger charge is 2.45. The highest BCUT2D eigenvalue weighted by Crippen LogP contribution is 2.43. The zero-order valence-corrected chi connectivity index (χ0v) is 17.0. The van der Waals surface area contributed by atoms with Crippen molar-refractivity contribution in [3.05, 3.63) is 70.2 Å². The number of methoxy groups -OCH3 is 1.